The SMILES string of the molecule is O=C(CNC(=O)c1ccc(F)cc1F)NCC(=O)N1CCN(c2ccc(Cl)cc2)CC1. The fourth-order valence-corrected chi connectivity index (χ4v) is 3.27. The normalized spacial score (nSPS) is 13.6. The maximum atomic E-state index is 13.6. The largest absolute Gasteiger partial charge is 0.368 e. The zero-order valence-corrected chi connectivity index (χ0v) is 17.3. The number of anilines is 1. The Hall–Kier alpha value is -3.20. The predicted octanol–water partition coefficient (Wildman–Crippen LogP) is 1.81. The molecule has 0 unspecified atom stereocenters. The van der Waals surface area contributed by atoms with Crippen molar-refractivity contribution in [3.05, 3.63) is 64.7 Å². The van der Waals surface area contributed by atoms with E-state index in [-0.39, 0.29) is 18.0 Å². The monoisotopic (exact) mass is 450 g/mol. The molecule has 1 heterocycles. The molecule has 1 saturated heterocycles. The van der Waals surface area contributed by atoms with Crippen molar-refractivity contribution < 1.29 is 23.2 Å². The van der Waals surface area contributed by atoms with E-state index < -0.39 is 30.0 Å². The molecule has 1 aliphatic rings. The van der Waals surface area contributed by atoms with Crippen molar-refractivity contribution in [2.45, 2.75) is 0 Å². The molecule has 7 nitrogen and oxygen atoms in total. The lowest BCUT2D eigenvalue weighted by molar-refractivity contribution is -0.132. The van der Waals surface area contributed by atoms with Crippen molar-refractivity contribution >= 4 is 35.0 Å². The lowest BCUT2D eigenvalue weighted by atomic mass is 10.2. The van der Waals surface area contributed by atoms with E-state index in [9.17, 15) is 23.2 Å². The van der Waals surface area contributed by atoms with Gasteiger partial charge in [0.25, 0.3) is 5.91 Å². The third-order valence-corrected chi connectivity index (χ3v) is 5.10. The van der Waals surface area contributed by atoms with Gasteiger partial charge in [-0.25, -0.2) is 8.78 Å². The highest BCUT2D eigenvalue weighted by Crippen LogP contribution is 2.19. The molecule has 0 bridgehead atoms. The van der Waals surface area contributed by atoms with E-state index in [4.69, 9.17) is 11.6 Å². The molecule has 0 saturated carbocycles. The molecule has 164 valence electrons. The predicted molar refractivity (Wildman–Crippen MR) is 112 cm³/mol. The first-order chi connectivity index (χ1) is 14.8. The Morgan fingerprint density at radius 3 is 2.23 bits per heavy atom. The number of piperazine rings is 1. The minimum absolute atomic E-state index is 0.208. The molecule has 10 heteroatoms. The lowest BCUT2D eigenvalue weighted by Gasteiger charge is -2.36. The zero-order valence-electron chi connectivity index (χ0n) is 16.5. The van der Waals surface area contributed by atoms with Crippen molar-refractivity contribution in [1.29, 1.82) is 0 Å². The standard InChI is InChI=1S/C21H21ClF2N4O3/c22-14-1-4-16(5-2-14)27-7-9-28(10-8-27)20(30)13-25-19(29)12-26-21(31)17-6-3-15(23)11-18(17)24/h1-6,11H,7-10,12-13H2,(H,25,29)(H,26,31). The maximum absolute atomic E-state index is 13.6. The van der Waals surface area contributed by atoms with Crippen LogP contribution in [-0.4, -0.2) is 61.9 Å². The fraction of sp³-hybridized carbons (Fsp3) is 0.286. The van der Waals surface area contributed by atoms with Gasteiger partial charge < -0.3 is 20.4 Å². The summed E-state index contributed by atoms with van der Waals surface area (Å²) in [7, 11) is 0. The summed E-state index contributed by atoms with van der Waals surface area (Å²) in [6.45, 7) is 1.69. The van der Waals surface area contributed by atoms with Gasteiger partial charge in [0.05, 0.1) is 18.7 Å². The maximum Gasteiger partial charge on any atom is 0.254 e. The average molecular weight is 451 g/mol. The van der Waals surface area contributed by atoms with Gasteiger partial charge in [0, 0.05) is 43.0 Å². The number of carbonyl (C=O) groups is 3. The molecule has 0 radical (unpaired) electrons. The number of halogens is 3. The highest BCUT2D eigenvalue weighted by Gasteiger charge is 2.21. The van der Waals surface area contributed by atoms with Crippen LogP contribution in [0.2, 0.25) is 5.02 Å². The van der Waals surface area contributed by atoms with Crippen LogP contribution >= 0.6 is 11.6 Å². The molecule has 0 aromatic heterocycles. The van der Waals surface area contributed by atoms with Gasteiger partial charge in [-0.05, 0) is 36.4 Å². The zero-order chi connectivity index (χ0) is 22.4. The Morgan fingerprint density at radius 1 is 0.903 bits per heavy atom. The smallest absolute Gasteiger partial charge is 0.254 e. The van der Waals surface area contributed by atoms with Crippen LogP contribution in [0.15, 0.2) is 42.5 Å². The molecule has 2 N–H and O–H groups in total. The van der Waals surface area contributed by atoms with E-state index in [0.717, 1.165) is 17.8 Å². The number of nitrogens with one attached hydrogen (secondary N) is 2. The highest BCUT2D eigenvalue weighted by atomic mass is 35.5. The molecule has 2 aromatic carbocycles. The number of rotatable bonds is 6. The second-order valence-corrected chi connectivity index (χ2v) is 7.36. The molecule has 0 spiro atoms. The van der Waals surface area contributed by atoms with E-state index in [1.807, 2.05) is 24.3 Å². The van der Waals surface area contributed by atoms with E-state index in [2.05, 4.69) is 15.5 Å². The molecule has 31 heavy (non-hydrogen) atoms. The molecule has 0 aliphatic carbocycles. The number of amides is 3. The Bertz CT molecular complexity index is 964. The molecule has 3 amide bonds. The van der Waals surface area contributed by atoms with Crippen LogP contribution in [0.25, 0.3) is 0 Å². The molecular formula is C21H21ClF2N4O3. The van der Waals surface area contributed by atoms with Crippen LogP contribution in [-0.2, 0) is 9.59 Å². The number of carbonyl (C=O) groups excluding carboxylic acids is 3. The molecular weight excluding hydrogens is 430 g/mol. The molecule has 0 atom stereocenters. The quantitative estimate of drug-likeness (QED) is 0.703. The van der Waals surface area contributed by atoms with Crippen molar-refractivity contribution in [1.82, 2.24) is 15.5 Å². The second kappa shape index (κ2) is 10.2. The van der Waals surface area contributed by atoms with Crippen LogP contribution in [0.4, 0.5) is 14.5 Å². The van der Waals surface area contributed by atoms with Crippen LogP contribution in [0, 0.1) is 11.6 Å². The van der Waals surface area contributed by atoms with E-state index in [1.54, 1.807) is 4.90 Å². The van der Waals surface area contributed by atoms with Gasteiger partial charge in [0.1, 0.15) is 11.6 Å². The second-order valence-electron chi connectivity index (χ2n) is 6.93. The Balaban J connectivity index is 1.39. The Labute approximate surface area is 183 Å². The van der Waals surface area contributed by atoms with Crippen LogP contribution < -0.4 is 15.5 Å². The first kappa shape index (κ1) is 22.5. The summed E-state index contributed by atoms with van der Waals surface area (Å²) in [5.41, 5.74) is 0.655. The van der Waals surface area contributed by atoms with Gasteiger partial charge in [0.2, 0.25) is 11.8 Å². The minimum Gasteiger partial charge on any atom is -0.368 e. The van der Waals surface area contributed by atoms with Crippen molar-refractivity contribution in [3.8, 4) is 0 Å². The van der Waals surface area contributed by atoms with Crippen LogP contribution in [0.1, 0.15) is 10.4 Å². The number of nitrogens with zero attached hydrogens (tertiary/aromatic N) is 2. The first-order valence-corrected chi connectivity index (χ1v) is 9.99. The number of hydrogen-bond donors (Lipinski definition) is 2. The summed E-state index contributed by atoms with van der Waals surface area (Å²) < 4.78 is 26.5. The van der Waals surface area contributed by atoms with Gasteiger partial charge in [0.15, 0.2) is 0 Å². The number of hydrogen-bond acceptors (Lipinski definition) is 4. The van der Waals surface area contributed by atoms with Crippen LogP contribution in [0.3, 0.4) is 0 Å². The summed E-state index contributed by atoms with van der Waals surface area (Å²) >= 11 is 5.90. The summed E-state index contributed by atoms with van der Waals surface area (Å²) in [4.78, 5) is 39.9. The van der Waals surface area contributed by atoms with Crippen molar-refractivity contribution in [3.63, 3.8) is 0 Å². The van der Waals surface area contributed by atoms with E-state index in [0.29, 0.717) is 37.3 Å². The molecule has 3 rings (SSSR count). The summed E-state index contributed by atoms with van der Waals surface area (Å²) in [6.07, 6.45) is 0. The third kappa shape index (κ3) is 6.14. The molecule has 1 aliphatic heterocycles. The molecule has 1 fully saturated rings. The number of benzene rings is 2. The van der Waals surface area contributed by atoms with Gasteiger partial charge >= 0.3 is 0 Å². The van der Waals surface area contributed by atoms with Gasteiger partial charge in [-0.15, -0.1) is 0 Å². The van der Waals surface area contributed by atoms with Gasteiger partial charge in [-0.2, -0.15) is 0 Å². The summed E-state index contributed by atoms with van der Waals surface area (Å²) in [5, 5.41) is 5.33. The van der Waals surface area contributed by atoms with E-state index >= 15 is 0 Å². The van der Waals surface area contributed by atoms with Crippen molar-refractivity contribution in [2.75, 3.05) is 44.2 Å². The molecule has 2 aromatic rings. The van der Waals surface area contributed by atoms with Gasteiger partial charge in [-0.1, -0.05) is 11.6 Å². The van der Waals surface area contributed by atoms with Crippen LogP contribution in [0.5, 0.6) is 0 Å². The topological polar surface area (TPSA) is 81.8 Å². The summed E-state index contributed by atoms with van der Waals surface area (Å²) in [5.74, 6) is -3.51. The van der Waals surface area contributed by atoms with Gasteiger partial charge in [-0.3, -0.25) is 14.4 Å². The lowest BCUT2D eigenvalue weighted by Crippen LogP contribution is -2.51. The summed E-state index contributed by atoms with van der Waals surface area (Å²) in [6, 6.07) is 9.99. The Morgan fingerprint density at radius 2 is 1.58 bits per heavy atom. The Kier molecular flexibility index (Phi) is 7.41. The fourth-order valence-electron chi connectivity index (χ4n) is 3.14. The third-order valence-electron chi connectivity index (χ3n) is 4.85. The van der Waals surface area contributed by atoms with Crippen molar-refractivity contribution in [2.24, 2.45) is 0 Å². The first-order valence-electron chi connectivity index (χ1n) is 9.62. The highest BCUT2D eigenvalue weighted by molar-refractivity contribution is 6.30. The minimum atomic E-state index is -1.02. The van der Waals surface area contributed by atoms with E-state index in [1.165, 1.54) is 0 Å². The average Bonchev–Trinajstić information content (AvgIpc) is 2.76.